The molecule has 1 saturated carbocycles. The number of hydrogen-bond donors (Lipinski definition) is 2. The predicted molar refractivity (Wildman–Crippen MR) is 70.1 cm³/mol. The minimum atomic E-state index is -0.537. The van der Waals surface area contributed by atoms with E-state index >= 15 is 0 Å². The highest BCUT2D eigenvalue weighted by molar-refractivity contribution is 5.95. The fourth-order valence-electron chi connectivity index (χ4n) is 1.81. The summed E-state index contributed by atoms with van der Waals surface area (Å²) in [6.45, 7) is -0.0107. The number of amides is 1. The minimum Gasteiger partial charge on any atom is -0.395 e. The van der Waals surface area contributed by atoms with Gasteiger partial charge in [-0.25, -0.2) is 4.39 Å². The lowest BCUT2D eigenvalue weighted by Crippen LogP contribution is -2.39. The molecule has 100 valence electrons. The molecule has 1 aromatic rings. The first-order valence-corrected chi connectivity index (χ1v) is 6.41. The van der Waals surface area contributed by atoms with Gasteiger partial charge in [0.15, 0.2) is 0 Å². The van der Waals surface area contributed by atoms with E-state index in [4.69, 9.17) is 5.11 Å². The predicted octanol–water partition coefficient (Wildman–Crippen LogP) is 1.84. The van der Waals surface area contributed by atoms with E-state index in [1.54, 1.807) is 0 Å². The van der Waals surface area contributed by atoms with Crippen LogP contribution in [-0.2, 0) is 0 Å². The average Bonchev–Trinajstić information content (AvgIpc) is 2.36. The Balaban J connectivity index is 2.12. The third kappa shape index (κ3) is 3.55. The van der Waals surface area contributed by atoms with Gasteiger partial charge in [0.1, 0.15) is 5.82 Å². The van der Waals surface area contributed by atoms with Crippen LogP contribution < -0.4 is 5.32 Å². The molecule has 0 spiro atoms. The number of rotatable bonds is 3. The summed E-state index contributed by atoms with van der Waals surface area (Å²) in [5.74, 6) is 4.62. The summed E-state index contributed by atoms with van der Waals surface area (Å²) in [5, 5.41) is 11.4. The van der Waals surface area contributed by atoms with E-state index in [1.807, 2.05) is 0 Å². The van der Waals surface area contributed by atoms with Crippen LogP contribution in [0.25, 0.3) is 0 Å². The average molecular weight is 261 g/mol. The lowest BCUT2D eigenvalue weighted by molar-refractivity contribution is 0.0913. The number of aliphatic hydroxyl groups excluding tert-OH is 1. The van der Waals surface area contributed by atoms with Gasteiger partial charge >= 0.3 is 0 Å². The van der Waals surface area contributed by atoms with Crippen molar-refractivity contribution >= 4 is 5.91 Å². The van der Waals surface area contributed by atoms with Gasteiger partial charge < -0.3 is 10.4 Å². The maximum atomic E-state index is 13.6. The Morgan fingerprint density at radius 1 is 1.47 bits per heavy atom. The molecule has 1 aliphatic rings. The van der Waals surface area contributed by atoms with Gasteiger partial charge in [0.2, 0.25) is 0 Å². The Labute approximate surface area is 111 Å². The molecule has 0 aromatic heterocycles. The topological polar surface area (TPSA) is 49.3 Å². The van der Waals surface area contributed by atoms with Gasteiger partial charge in [-0.2, -0.15) is 0 Å². The maximum absolute atomic E-state index is 13.6. The maximum Gasteiger partial charge on any atom is 0.254 e. The van der Waals surface area contributed by atoms with Gasteiger partial charge in [-0.05, 0) is 37.5 Å². The van der Waals surface area contributed by atoms with Crippen LogP contribution in [0.4, 0.5) is 4.39 Å². The van der Waals surface area contributed by atoms with E-state index in [9.17, 15) is 9.18 Å². The van der Waals surface area contributed by atoms with Crippen molar-refractivity contribution in [2.24, 2.45) is 0 Å². The van der Waals surface area contributed by atoms with Crippen molar-refractivity contribution in [3.05, 3.63) is 35.1 Å². The second kappa shape index (κ2) is 6.35. The van der Waals surface area contributed by atoms with Crippen LogP contribution in [0, 0.1) is 17.7 Å². The molecule has 19 heavy (non-hydrogen) atoms. The first-order valence-electron chi connectivity index (χ1n) is 6.41. The second-order valence-corrected chi connectivity index (χ2v) is 4.57. The summed E-state index contributed by atoms with van der Waals surface area (Å²) in [4.78, 5) is 11.9. The number of halogens is 1. The highest BCUT2D eigenvalue weighted by Gasteiger charge is 2.21. The van der Waals surface area contributed by atoms with E-state index in [2.05, 4.69) is 17.2 Å². The molecule has 1 fully saturated rings. The Bertz CT molecular complexity index is 527. The van der Waals surface area contributed by atoms with Crippen molar-refractivity contribution in [2.45, 2.75) is 31.7 Å². The monoisotopic (exact) mass is 261 g/mol. The minimum absolute atomic E-state index is 0.0107. The summed E-state index contributed by atoms with van der Waals surface area (Å²) >= 11 is 0. The van der Waals surface area contributed by atoms with Crippen molar-refractivity contribution in [3.63, 3.8) is 0 Å². The lowest BCUT2D eigenvalue weighted by Gasteiger charge is -2.26. The zero-order chi connectivity index (χ0) is 13.7. The summed E-state index contributed by atoms with van der Waals surface area (Å²) in [6, 6.07) is 4.41. The van der Waals surface area contributed by atoms with Crippen molar-refractivity contribution < 1.29 is 14.3 Å². The summed E-state index contributed by atoms with van der Waals surface area (Å²) < 4.78 is 13.6. The zero-order valence-corrected chi connectivity index (χ0v) is 10.6. The molecule has 0 aliphatic heterocycles. The number of benzene rings is 1. The van der Waals surface area contributed by atoms with Crippen LogP contribution in [0.5, 0.6) is 0 Å². The van der Waals surface area contributed by atoms with E-state index in [-0.39, 0.29) is 24.1 Å². The molecule has 0 unspecified atom stereocenters. The molecule has 2 N–H and O–H groups in total. The van der Waals surface area contributed by atoms with Gasteiger partial charge in [0, 0.05) is 18.0 Å². The molecule has 0 bridgehead atoms. The molecular formula is C15H16FNO2. The Kier molecular flexibility index (Phi) is 4.53. The molecule has 0 saturated heterocycles. The second-order valence-electron chi connectivity index (χ2n) is 4.57. The fourth-order valence-corrected chi connectivity index (χ4v) is 1.81. The summed E-state index contributed by atoms with van der Waals surface area (Å²) in [5.41, 5.74) is 0.608. The number of hydrogen-bond acceptors (Lipinski definition) is 2. The van der Waals surface area contributed by atoms with Crippen LogP contribution in [0.1, 0.15) is 41.6 Å². The summed E-state index contributed by atoms with van der Waals surface area (Å²) in [7, 11) is 0. The molecule has 4 heteroatoms. The van der Waals surface area contributed by atoms with Crippen LogP contribution in [-0.4, -0.2) is 23.7 Å². The van der Waals surface area contributed by atoms with Crippen molar-refractivity contribution in [2.75, 3.05) is 6.61 Å². The van der Waals surface area contributed by atoms with Crippen LogP contribution in [0.15, 0.2) is 18.2 Å². The van der Waals surface area contributed by atoms with Gasteiger partial charge in [0.05, 0.1) is 12.2 Å². The van der Waals surface area contributed by atoms with Crippen LogP contribution >= 0.6 is 0 Å². The molecule has 1 aliphatic carbocycles. The molecule has 0 heterocycles. The number of aliphatic hydroxyl groups is 1. The first kappa shape index (κ1) is 13.6. The van der Waals surface area contributed by atoms with E-state index in [0.717, 1.165) is 19.3 Å². The zero-order valence-electron chi connectivity index (χ0n) is 10.6. The lowest BCUT2D eigenvalue weighted by atomic mass is 9.93. The van der Waals surface area contributed by atoms with Gasteiger partial charge in [-0.15, -0.1) is 0 Å². The number of nitrogens with one attached hydrogen (secondary N) is 1. The van der Waals surface area contributed by atoms with Crippen molar-refractivity contribution in [1.82, 2.24) is 5.32 Å². The van der Waals surface area contributed by atoms with Crippen LogP contribution in [0.3, 0.4) is 0 Å². The third-order valence-corrected chi connectivity index (χ3v) is 3.12. The van der Waals surface area contributed by atoms with Crippen LogP contribution in [0.2, 0.25) is 0 Å². The molecule has 0 atom stereocenters. The molecule has 0 radical (unpaired) electrons. The van der Waals surface area contributed by atoms with E-state index < -0.39 is 5.82 Å². The Hall–Kier alpha value is -1.86. The highest BCUT2D eigenvalue weighted by Crippen LogP contribution is 2.19. The molecular weight excluding hydrogens is 245 g/mol. The Morgan fingerprint density at radius 2 is 2.26 bits per heavy atom. The Morgan fingerprint density at radius 3 is 2.89 bits per heavy atom. The summed E-state index contributed by atoms with van der Waals surface area (Å²) in [6.07, 6.45) is 3.40. The fraction of sp³-hybridized carbons (Fsp3) is 0.400. The van der Waals surface area contributed by atoms with Gasteiger partial charge in [-0.1, -0.05) is 11.8 Å². The first-order chi connectivity index (χ1) is 9.20. The van der Waals surface area contributed by atoms with Gasteiger partial charge in [-0.3, -0.25) is 4.79 Å². The number of carbonyl (C=O) groups excluding carboxylic acids is 1. The molecule has 1 aromatic carbocycles. The quantitative estimate of drug-likeness (QED) is 0.816. The standard InChI is InChI=1S/C15H16FNO2/c16-14-8-7-11(4-1-2-9-18)10-13(14)15(19)17-12-5-3-6-12/h7-8,10,12,18H,2-3,5-6,9H2,(H,17,19). The smallest absolute Gasteiger partial charge is 0.254 e. The molecule has 2 rings (SSSR count). The van der Waals surface area contributed by atoms with Gasteiger partial charge in [0.25, 0.3) is 5.91 Å². The number of carbonyl (C=O) groups is 1. The largest absolute Gasteiger partial charge is 0.395 e. The van der Waals surface area contributed by atoms with Crippen molar-refractivity contribution in [1.29, 1.82) is 0 Å². The van der Waals surface area contributed by atoms with E-state index in [1.165, 1.54) is 18.2 Å². The molecule has 1 amide bonds. The van der Waals surface area contributed by atoms with E-state index in [0.29, 0.717) is 12.0 Å². The third-order valence-electron chi connectivity index (χ3n) is 3.12. The SMILES string of the molecule is O=C(NC1CCC1)c1cc(C#CCCO)ccc1F. The highest BCUT2D eigenvalue weighted by atomic mass is 19.1. The van der Waals surface area contributed by atoms with Crippen molar-refractivity contribution in [3.8, 4) is 11.8 Å². The molecule has 3 nitrogen and oxygen atoms in total. The normalized spacial score (nSPS) is 14.2.